The molecule has 1 aromatic heterocycles. The Hall–Kier alpha value is -2.50. The number of benzene rings is 1. The molecule has 0 saturated heterocycles. The molecule has 0 aliphatic carbocycles. The van der Waals surface area contributed by atoms with Crippen LogP contribution in [0.5, 0.6) is 11.8 Å². The fourth-order valence-corrected chi connectivity index (χ4v) is 1.31. The fourth-order valence-electron chi connectivity index (χ4n) is 1.31. The number of carbonyl (C=O) groups is 1. The van der Waals surface area contributed by atoms with Crippen LogP contribution >= 0.6 is 0 Å². The molecule has 1 heterocycles. The summed E-state index contributed by atoms with van der Waals surface area (Å²) < 4.78 is 17.8. The Kier molecular flexibility index (Phi) is 3.47. The largest absolute Gasteiger partial charge is 0.481 e. The Labute approximate surface area is 102 Å². The van der Waals surface area contributed by atoms with Crippen LogP contribution in [-0.4, -0.2) is 21.0 Å². The number of nitrogens with zero attached hydrogens (tertiary/aromatic N) is 2. The second kappa shape index (κ2) is 5.22. The molecule has 0 bridgehead atoms. The summed E-state index contributed by atoms with van der Waals surface area (Å²) in [6.45, 7) is 0. The molecule has 2 aromatic rings. The quantitative estimate of drug-likeness (QED) is 0.896. The van der Waals surface area contributed by atoms with Gasteiger partial charge < -0.3 is 9.84 Å². The van der Waals surface area contributed by atoms with Gasteiger partial charge in [-0.1, -0.05) is 12.1 Å². The van der Waals surface area contributed by atoms with Crippen molar-refractivity contribution in [2.45, 2.75) is 6.42 Å². The zero-order chi connectivity index (χ0) is 13.0. The van der Waals surface area contributed by atoms with Crippen molar-refractivity contribution in [3.8, 4) is 11.8 Å². The van der Waals surface area contributed by atoms with E-state index in [0.717, 1.165) is 12.4 Å². The standard InChI is InChI=1S/C12H9FN2O3/c13-9-6-14-12(15-7-9)18-10-3-1-8(2-4-10)5-11(16)17/h1-4,6-7H,5H2,(H,16,17). The fraction of sp³-hybridized carbons (Fsp3) is 0.0833. The molecular weight excluding hydrogens is 239 g/mol. The summed E-state index contributed by atoms with van der Waals surface area (Å²) in [5.74, 6) is -0.986. The SMILES string of the molecule is O=C(O)Cc1ccc(Oc2ncc(F)cn2)cc1. The third-order valence-electron chi connectivity index (χ3n) is 2.08. The van der Waals surface area contributed by atoms with E-state index in [2.05, 4.69) is 9.97 Å². The minimum absolute atomic E-state index is 0.0300. The Balaban J connectivity index is 2.06. The summed E-state index contributed by atoms with van der Waals surface area (Å²) in [4.78, 5) is 17.8. The lowest BCUT2D eigenvalue weighted by Crippen LogP contribution is -1.99. The average Bonchev–Trinajstić information content (AvgIpc) is 2.34. The normalized spacial score (nSPS) is 10.1. The minimum Gasteiger partial charge on any atom is -0.481 e. The van der Waals surface area contributed by atoms with Gasteiger partial charge in [-0.25, -0.2) is 14.4 Å². The lowest BCUT2D eigenvalue weighted by molar-refractivity contribution is -0.136. The first kappa shape index (κ1) is 12.0. The zero-order valence-corrected chi connectivity index (χ0v) is 9.21. The third kappa shape index (κ3) is 3.24. The average molecular weight is 248 g/mol. The van der Waals surface area contributed by atoms with Gasteiger partial charge in [-0.2, -0.15) is 0 Å². The van der Waals surface area contributed by atoms with Crippen LogP contribution in [0.2, 0.25) is 0 Å². The zero-order valence-electron chi connectivity index (χ0n) is 9.21. The molecule has 0 atom stereocenters. The number of aliphatic carboxylic acids is 1. The molecule has 0 amide bonds. The predicted octanol–water partition coefficient (Wildman–Crippen LogP) is 2.04. The van der Waals surface area contributed by atoms with Crippen LogP contribution in [0, 0.1) is 5.82 Å². The Morgan fingerprint density at radius 2 is 1.83 bits per heavy atom. The second-order valence-corrected chi connectivity index (χ2v) is 3.50. The highest BCUT2D eigenvalue weighted by Crippen LogP contribution is 2.18. The highest BCUT2D eigenvalue weighted by atomic mass is 19.1. The molecule has 0 radical (unpaired) electrons. The molecule has 1 aromatic carbocycles. The van der Waals surface area contributed by atoms with E-state index in [4.69, 9.17) is 9.84 Å². The van der Waals surface area contributed by atoms with Crippen molar-refractivity contribution in [1.29, 1.82) is 0 Å². The maximum absolute atomic E-state index is 12.6. The third-order valence-corrected chi connectivity index (χ3v) is 2.08. The summed E-state index contributed by atoms with van der Waals surface area (Å²) in [6, 6.07) is 6.50. The molecule has 18 heavy (non-hydrogen) atoms. The molecule has 6 heteroatoms. The van der Waals surface area contributed by atoms with Gasteiger partial charge in [0.2, 0.25) is 0 Å². The molecule has 92 valence electrons. The first-order valence-corrected chi connectivity index (χ1v) is 5.09. The summed E-state index contributed by atoms with van der Waals surface area (Å²) in [7, 11) is 0. The number of ether oxygens (including phenoxy) is 1. The number of hydrogen-bond donors (Lipinski definition) is 1. The molecule has 2 rings (SSSR count). The number of aromatic nitrogens is 2. The molecule has 0 saturated carbocycles. The van der Waals surface area contributed by atoms with E-state index in [1.165, 1.54) is 0 Å². The Morgan fingerprint density at radius 1 is 1.22 bits per heavy atom. The lowest BCUT2D eigenvalue weighted by atomic mass is 10.1. The molecule has 0 aliphatic rings. The number of carboxylic acid groups (broad SMARTS) is 1. The topological polar surface area (TPSA) is 72.3 Å². The number of rotatable bonds is 4. The van der Waals surface area contributed by atoms with Crippen LogP contribution in [0.3, 0.4) is 0 Å². The van der Waals surface area contributed by atoms with Gasteiger partial charge in [-0.15, -0.1) is 0 Å². The van der Waals surface area contributed by atoms with E-state index >= 15 is 0 Å². The van der Waals surface area contributed by atoms with Gasteiger partial charge >= 0.3 is 12.0 Å². The molecule has 1 N–H and O–H groups in total. The highest BCUT2D eigenvalue weighted by Gasteiger charge is 2.03. The van der Waals surface area contributed by atoms with Crippen LogP contribution in [0.1, 0.15) is 5.56 Å². The van der Waals surface area contributed by atoms with Crippen molar-refractivity contribution in [3.63, 3.8) is 0 Å². The van der Waals surface area contributed by atoms with E-state index in [1.807, 2.05) is 0 Å². The molecule has 0 spiro atoms. The van der Waals surface area contributed by atoms with Crippen LogP contribution in [0.25, 0.3) is 0 Å². The van der Waals surface area contributed by atoms with Crippen LogP contribution in [0.4, 0.5) is 4.39 Å². The van der Waals surface area contributed by atoms with Crippen molar-refractivity contribution in [2.75, 3.05) is 0 Å². The van der Waals surface area contributed by atoms with Crippen molar-refractivity contribution in [2.24, 2.45) is 0 Å². The van der Waals surface area contributed by atoms with E-state index in [1.54, 1.807) is 24.3 Å². The molecule has 0 fully saturated rings. The van der Waals surface area contributed by atoms with E-state index in [9.17, 15) is 9.18 Å². The van der Waals surface area contributed by atoms with Crippen molar-refractivity contribution in [3.05, 3.63) is 48.0 Å². The van der Waals surface area contributed by atoms with Gasteiger partial charge in [-0.3, -0.25) is 4.79 Å². The summed E-state index contributed by atoms with van der Waals surface area (Å²) in [5, 5.41) is 8.61. The second-order valence-electron chi connectivity index (χ2n) is 3.50. The van der Waals surface area contributed by atoms with Gasteiger partial charge in [0.15, 0.2) is 5.82 Å². The number of carboxylic acids is 1. The van der Waals surface area contributed by atoms with Crippen molar-refractivity contribution >= 4 is 5.97 Å². The van der Waals surface area contributed by atoms with Gasteiger partial charge in [0.05, 0.1) is 18.8 Å². The molecular formula is C12H9FN2O3. The van der Waals surface area contributed by atoms with Crippen LogP contribution in [-0.2, 0) is 11.2 Å². The number of halogens is 1. The molecule has 0 aliphatic heterocycles. The smallest absolute Gasteiger partial charge is 0.322 e. The lowest BCUT2D eigenvalue weighted by Gasteiger charge is -2.03. The Morgan fingerprint density at radius 3 is 2.39 bits per heavy atom. The minimum atomic E-state index is -0.898. The molecule has 5 nitrogen and oxygen atoms in total. The summed E-state index contributed by atoms with van der Waals surface area (Å²) in [6.07, 6.45) is 1.95. The summed E-state index contributed by atoms with van der Waals surface area (Å²) in [5.41, 5.74) is 0.662. The highest BCUT2D eigenvalue weighted by molar-refractivity contribution is 5.70. The van der Waals surface area contributed by atoms with Gasteiger partial charge in [-0.05, 0) is 17.7 Å². The first-order chi connectivity index (χ1) is 8.63. The molecule has 0 unspecified atom stereocenters. The number of hydrogen-bond acceptors (Lipinski definition) is 4. The predicted molar refractivity (Wildman–Crippen MR) is 59.8 cm³/mol. The Bertz CT molecular complexity index is 540. The van der Waals surface area contributed by atoms with Crippen molar-refractivity contribution < 1.29 is 19.0 Å². The maximum Gasteiger partial charge on any atom is 0.322 e. The maximum atomic E-state index is 12.6. The van der Waals surface area contributed by atoms with E-state index in [0.29, 0.717) is 11.3 Å². The van der Waals surface area contributed by atoms with Gasteiger partial charge in [0, 0.05) is 0 Å². The summed E-state index contributed by atoms with van der Waals surface area (Å²) >= 11 is 0. The monoisotopic (exact) mass is 248 g/mol. The van der Waals surface area contributed by atoms with Gasteiger partial charge in [0.1, 0.15) is 5.75 Å². The van der Waals surface area contributed by atoms with E-state index in [-0.39, 0.29) is 12.4 Å². The van der Waals surface area contributed by atoms with Gasteiger partial charge in [0.25, 0.3) is 0 Å². The van der Waals surface area contributed by atoms with E-state index < -0.39 is 11.8 Å². The van der Waals surface area contributed by atoms with Crippen LogP contribution in [0.15, 0.2) is 36.7 Å². The van der Waals surface area contributed by atoms with Crippen LogP contribution < -0.4 is 4.74 Å². The van der Waals surface area contributed by atoms with Crippen molar-refractivity contribution in [1.82, 2.24) is 9.97 Å². The first-order valence-electron chi connectivity index (χ1n) is 5.09.